The van der Waals surface area contributed by atoms with Gasteiger partial charge in [-0.1, -0.05) is 38.8 Å². The number of rotatable bonds is 5. The minimum absolute atomic E-state index is 0.161. The molecule has 1 atom stereocenters. The van der Waals surface area contributed by atoms with Gasteiger partial charge in [-0.25, -0.2) is 4.98 Å². The van der Waals surface area contributed by atoms with E-state index in [0.717, 1.165) is 35.0 Å². The van der Waals surface area contributed by atoms with Gasteiger partial charge < -0.3 is 4.90 Å². The molecule has 0 radical (unpaired) electrons. The normalized spacial score (nSPS) is 18.3. The zero-order chi connectivity index (χ0) is 13.8. The smallest absolute Gasteiger partial charge is 0.266 e. The quantitative estimate of drug-likeness (QED) is 0.771. The van der Waals surface area contributed by atoms with E-state index in [1.165, 1.54) is 24.2 Å². The molecule has 0 bridgehead atoms. The van der Waals surface area contributed by atoms with Crippen molar-refractivity contribution in [2.75, 3.05) is 6.54 Å². The third-order valence-electron chi connectivity index (χ3n) is 3.51. The number of carbonyl (C=O) groups excluding carboxylic acids is 1. The number of aromatic nitrogens is 1. The molecule has 1 aliphatic heterocycles. The SMILES string of the molecule is CCCCC1C=CCN1C(=O)c1sc(C)nc1CC. The van der Waals surface area contributed by atoms with Crippen LogP contribution in [-0.4, -0.2) is 28.4 Å². The molecular weight excluding hydrogens is 256 g/mol. The lowest BCUT2D eigenvalue weighted by Gasteiger charge is -2.24. The lowest BCUT2D eigenvalue weighted by molar-refractivity contribution is 0.0747. The molecule has 1 aliphatic rings. The average molecular weight is 278 g/mol. The predicted octanol–water partition coefficient (Wildman–Crippen LogP) is 3.58. The zero-order valence-electron chi connectivity index (χ0n) is 12.0. The van der Waals surface area contributed by atoms with Gasteiger partial charge in [-0.3, -0.25) is 4.79 Å². The van der Waals surface area contributed by atoms with Crippen LogP contribution in [0.4, 0.5) is 0 Å². The van der Waals surface area contributed by atoms with Gasteiger partial charge in [-0.2, -0.15) is 0 Å². The maximum atomic E-state index is 12.7. The minimum atomic E-state index is 0.161. The van der Waals surface area contributed by atoms with Crippen LogP contribution in [0.1, 0.15) is 53.5 Å². The number of unbranched alkanes of at least 4 members (excludes halogenated alkanes) is 1. The molecule has 0 aromatic carbocycles. The summed E-state index contributed by atoms with van der Waals surface area (Å²) >= 11 is 1.53. The van der Waals surface area contributed by atoms with Gasteiger partial charge in [0.15, 0.2) is 0 Å². The van der Waals surface area contributed by atoms with Gasteiger partial charge in [-0.15, -0.1) is 11.3 Å². The Morgan fingerprint density at radius 2 is 2.32 bits per heavy atom. The first-order valence-corrected chi connectivity index (χ1v) is 7.93. The van der Waals surface area contributed by atoms with Gasteiger partial charge in [0.05, 0.1) is 16.7 Å². The molecule has 3 nitrogen and oxygen atoms in total. The van der Waals surface area contributed by atoms with Crippen LogP contribution < -0.4 is 0 Å². The number of thiazole rings is 1. The van der Waals surface area contributed by atoms with E-state index in [2.05, 4.69) is 31.0 Å². The molecule has 4 heteroatoms. The van der Waals surface area contributed by atoms with Gasteiger partial charge in [0.25, 0.3) is 5.91 Å². The Labute approximate surface area is 119 Å². The Hall–Kier alpha value is -1.16. The molecule has 0 saturated heterocycles. The summed E-state index contributed by atoms with van der Waals surface area (Å²) in [5, 5.41) is 0.984. The fraction of sp³-hybridized carbons (Fsp3) is 0.600. The largest absolute Gasteiger partial charge is 0.328 e. The molecule has 1 aromatic heterocycles. The van der Waals surface area contributed by atoms with Gasteiger partial charge >= 0.3 is 0 Å². The Bertz CT molecular complexity index is 478. The number of nitrogens with zero attached hydrogens (tertiary/aromatic N) is 2. The van der Waals surface area contributed by atoms with Crippen LogP contribution in [0.15, 0.2) is 12.2 Å². The van der Waals surface area contributed by atoms with E-state index in [1.807, 2.05) is 11.8 Å². The topological polar surface area (TPSA) is 33.2 Å². The highest BCUT2D eigenvalue weighted by molar-refractivity contribution is 7.13. The maximum Gasteiger partial charge on any atom is 0.266 e. The first-order valence-electron chi connectivity index (χ1n) is 7.11. The second-order valence-corrected chi connectivity index (χ2v) is 6.16. The molecule has 2 rings (SSSR count). The number of carbonyl (C=O) groups is 1. The molecule has 0 fully saturated rings. The van der Waals surface area contributed by atoms with Crippen LogP contribution in [0.2, 0.25) is 0 Å². The third kappa shape index (κ3) is 3.06. The molecule has 0 aliphatic carbocycles. The summed E-state index contributed by atoms with van der Waals surface area (Å²) in [6.07, 6.45) is 8.52. The van der Waals surface area contributed by atoms with Crippen molar-refractivity contribution in [3.8, 4) is 0 Å². The summed E-state index contributed by atoms with van der Waals surface area (Å²) in [4.78, 5) is 20.0. The zero-order valence-corrected chi connectivity index (χ0v) is 12.8. The van der Waals surface area contributed by atoms with Crippen molar-refractivity contribution in [3.05, 3.63) is 27.7 Å². The van der Waals surface area contributed by atoms with Crippen molar-refractivity contribution < 1.29 is 4.79 Å². The maximum absolute atomic E-state index is 12.7. The van der Waals surface area contributed by atoms with Crippen molar-refractivity contribution in [2.45, 2.75) is 52.5 Å². The van der Waals surface area contributed by atoms with Gasteiger partial charge in [-0.05, 0) is 19.8 Å². The van der Waals surface area contributed by atoms with E-state index in [1.54, 1.807) is 0 Å². The van der Waals surface area contributed by atoms with Crippen molar-refractivity contribution in [1.82, 2.24) is 9.88 Å². The van der Waals surface area contributed by atoms with E-state index in [4.69, 9.17) is 0 Å². The minimum Gasteiger partial charge on any atom is -0.328 e. The first kappa shape index (κ1) is 14.3. The molecule has 0 N–H and O–H groups in total. The highest BCUT2D eigenvalue weighted by atomic mass is 32.1. The van der Waals surface area contributed by atoms with E-state index >= 15 is 0 Å². The summed E-state index contributed by atoms with van der Waals surface area (Å²) in [5.41, 5.74) is 0.952. The van der Waals surface area contributed by atoms with Crippen molar-refractivity contribution in [2.24, 2.45) is 0 Å². The van der Waals surface area contributed by atoms with E-state index in [0.29, 0.717) is 0 Å². The Kier molecular flexibility index (Phi) is 4.75. The van der Waals surface area contributed by atoms with Crippen molar-refractivity contribution >= 4 is 17.2 Å². The summed E-state index contributed by atoms with van der Waals surface area (Å²) in [7, 11) is 0. The molecule has 19 heavy (non-hydrogen) atoms. The summed E-state index contributed by atoms with van der Waals surface area (Å²) in [6.45, 7) is 6.96. The van der Waals surface area contributed by atoms with Crippen LogP contribution in [0.25, 0.3) is 0 Å². The van der Waals surface area contributed by atoms with E-state index in [9.17, 15) is 4.79 Å². The molecule has 2 heterocycles. The molecule has 1 unspecified atom stereocenters. The van der Waals surface area contributed by atoms with E-state index < -0.39 is 0 Å². The standard InChI is InChI=1S/C15H22N2OS/c1-4-6-8-12-9-7-10-17(12)15(18)14-13(5-2)16-11(3)19-14/h7,9,12H,4-6,8,10H2,1-3H3. The lowest BCUT2D eigenvalue weighted by Crippen LogP contribution is -2.36. The molecule has 0 spiro atoms. The number of hydrogen-bond donors (Lipinski definition) is 0. The molecule has 1 amide bonds. The summed E-state index contributed by atoms with van der Waals surface area (Å²) < 4.78 is 0. The van der Waals surface area contributed by atoms with Crippen molar-refractivity contribution in [3.63, 3.8) is 0 Å². The van der Waals surface area contributed by atoms with Gasteiger partial charge in [0, 0.05) is 6.54 Å². The van der Waals surface area contributed by atoms with Crippen LogP contribution in [0.3, 0.4) is 0 Å². The molecule has 104 valence electrons. The van der Waals surface area contributed by atoms with Gasteiger partial charge in [0.1, 0.15) is 4.88 Å². The second-order valence-electron chi connectivity index (χ2n) is 4.96. The average Bonchev–Trinajstić information content (AvgIpc) is 3.01. The fourth-order valence-corrected chi connectivity index (χ4v) is 3.44. The number of amides is 1. The van der Waals surface area contributed by atoms with Gasteiger partial charge in [0.2, 0.25) is 0 Å². The first-order chi connectivity index (χ1) is 9.17. The molecular formula is C15H22N2OS. The number of aryl methyl sites for hydroxylation is 2. The van der Waals surface area contributed by atoms with Crippen LogP contribution in [0, 0.1) is 6.92 Å². The predicted molar refractivity (Wildman–Crippen MR) is 79.7 cm³/mol. The number of hydrogen-bond acceptors (Lipinski definition) is 3. The van der Waals surface area contributed by atoms with Crippen LogP contribution in [-0.2, 0) is 6.42 Å². The van der Waals surface area contributed by atoms with Crippen LogP contribution >= 0.6 is 11.3 Å². The highest BCUT2D eigenvalue weighted by Gasteiger charge is 2.28. The van der Waals surface area contributed by atoms with Crippen LogP contribution in [0.5, 0.6) is 0 Å². The summed E-state index contributed by atoms with van der Waals surface area (Å²) in [5.74, 6) is 0.161. The Morgan fingerprint density at radius 3 is 3.00 bits per heavy atom. The second kappa shape index (κ2) is 6.33. The third-order valence-corrected chi connectivity index (χ3v) is 4.51. The van der Waals surface area contributed by atoms with Crippen molar-refractivity contribution in [1.29, 1.82) is 0 Å². The molecule has 1 aromatic rings. The Morgan fingerprint density at radius 1 is 1.53 bits per heavy atom. The monoisotopic (exact) mass is 278 g/mol. The Balaban J connectivity index is 2.14. The summed E-state index contributed by atoms with van der Waals surface area (Å²) in [6, 6.07) is 0.277. The molecule has 0 saturated carbocycles. The van der Waals surface area contributed by atoms with E-state index in [-0.39, 0.29) is 11.9 Å². The highest BCUT2D eigenvalue weighted by Crippen LogP contribution is 2.25. The fourth-order valence-electron chi connectivity index (χ4n) is 2.48. The lowest BCUT2D eigenvalue weighted by atomic mass is 10.1.